The van der Waals surface area contributed by atoms with Crippen molar-refractivity contribution >= 4 is 22.4 Å². The molecule has 0 atom stereocenters. The molecule has 0 saturated heterocycles. The van der Waals surface area contributed by atoms with Crippen LogP contribution in [0.3, 0.4) is 0 Å². The minimum Gasteiger partial charge on any atom is -0.399 e. The van der Waals surface area contributed by atoms with Gasteiger partial charge in [-0.05, 0) is 36.4 Å². The Hall–Kier alpha value is -3.73. The number of aromatic nitrogens is 4. The van der Waals surface area contributed by atoms with Crippen LogP contribution in [0.1, 0.15) is 0 Å². The molecule has 5 heteroatoms. The van der Waals surface area contributed by atoms with Gasteiger partial charge in [0.15, 0.2) is 11.5 Å². The van der Waals surface area contributed by atoms with E-state index in [-0.39, 0.29) is 0 Å². The lowest BCUT2D eigenvalue weighted by molar-refractivity contribution is 1.12. The maximum Gasteiger partial charge on any atom is 0.188 e. The van der Waals surface area contributed by atoms with Gasteiger partial charge in [-0.15, -0.1) is 10.2 Å². The second-order valence-electron chi connectivity index (χ2n) is 6.12. The average molecular weight is 337 g/mol. The van der Waals surface area contributed by atoms with E-state index in [1.165, 1.54) is 0 Å². The summed E-state index contributed by atoms with van der Waals surface area (Å²) < 4.78 is 2.07. The molecule has 0 aliphatic carbocycles. The summed E-state index contributed by atoms with van der Waals surface area (Å²) in [4.78, 5) is 4.85. The quantitative estimate of drug-likeness (QED) is 0.490. The van der Waals surface area contributed by atoms with E-state index >= 15 is 0 Å². The number of nitrogens with two attached hydrogens (primary N) is 1. The number of benzene rings is 3. The van der Waals surface area contributed by atoms with E-state index in [9.17, 15) is 0 Å². The lowest BCUT2D eigenvalue weighted by Crippen LogP contribution is -1.98. The van der Waals surface area contributed by atoms with Gasteiger partial charge < -0.3 is 5.73 Å². The zero-order valence-electron chi connectivity index (χ0n) is 13.9. The molecule has 0 unspecified atom stereocenters. The fourth-order valence-electron chi connectivity index (χ4n) is 3.19. The highest BCUT2D eigenvalue weighted by atomic mass is 15.3. The summed E-state index contributed by atoms with van der Waals surface area (Å²) in [5, 5.41) is 8.93. The summed E-state index contributed by atoms with van der Waals surface area (Å²) >= 11 is 0. The van der Waals surface area contributed by atoms with Crippen LogP contribution < -0.4 is 5.73 Å². The summed E-state index contributed by atoms with van der Waals surface area (Å²) in [6, 6.07) is 25.8. The van der Waals surface area contributed by atoms with Crippen LogP contribution >= 0.6 is 0 Å². The van der Waals surface area contributed by atoms with Crippen LogP contribution in [0.4, 0.5) is 5.69 Å². The van der Waals surface area contributed by atoms with Gasteiger partial charge in [0, 0.05) is 16.8 Å². The third-order valence-corrected chi connectivity index (χ3v) is 4.45. The Labute approximate surface area is 149 Å². The van der Waals surface area contributed by atoms with E-state index < -0.39 is 0 Å². The Kier molecular flexibility index (Phi) is 3.18. The van der Waals surface area contributed by atoms with Crippen LogP contribution in [0.2, 0.25) is 0 Å². The van der Waals surface area contributed by atoms with Gasteiger partial charge in [-0.1, -0.05) is 42.5 Å². The predicted octanol–water partition coefficient (Wildman–Crippen LogP) is 4.19. The van der Waals surface area contributed by atoms with E-state index in [0.717, 1.165) is 45.0 Å². The van der Waals surface area contributed by atoms with Gasteiger partial charge >= 0.3 is 0 Å². The highest BCUT2D eigenvalue weighted by Crippen LogP contribution is 2.29. The van der Waals surface area contributed by atoms with Crippen LogP contribution in [-0.4, -0.2) is 19.6 Å². The summed E-state index contributed by atoms with van der Waals surface area (Å²) in [6.45, 7) is 0. The third-order valence-electron chi connectivity index (χ3n) is 4.45. The second-order valence-corrected chi connectivity index (χ2v) is 6.12. The molecule has 5 rings (SSSR count). The van der Waals surface area contributed by atoms with Crippen molar-refractivity contribution in [3.05, 3.63) is 78.9 Å². The number of fused-ring (bicyclic) bond motifs is 3. The Morgan fingerprint density at radius 3 is 2.23 bits per heavy atom. The van der Waals surface area contributed by atoms with Crippen molar-refractivity contribution in [1.29, 1.82) is 0 Å². The van der Waals surface area contributed by atoms with E-state index in [1.807, 2.05) is 78.9 Å². The number of hydrogen-bond acceptors (Lipinski definition) is 4. The Balaban J connectivity index is 1.90. The maximum absolute atomic E-state index is 5.83. The van der Waals surface area contributed by atoms with Crippen molar-refractivity contribution in [3.63, 3.8) is 0 Å². The molecule has 5 nitrogen and oxygen atoms in total. The summed E-state index contributed by atoms with van der Waals surface area (Å²) in [6.07, 6.45) is 0. The summed E-state index contributed by atoms with van der Waals surface area (Å²) in [5.74, 6) is 0.774. The summed E-state index contributed by atoms with van der Waals surface area (Å²) in [7, 11) is 0. The molecule has 2 aromatic heterocycles. The monoisotopic (exact) mass is 337 g/mol. The standard InChI is InChI=1S/C21H15N5/c22-16-12-10-15(11-13-16)20-24-25-21-19(14-6-2-1-3-7-14)23-17-8-4-5-9-18(17)26(20)21/h1-13H,22H2. The van der Waals surface area contributed by atoms with Crippen molar-refractivity contribution in [2.45, 2.75) is 0 Å². The van der Waals surface area contributed by atoms with E-state index in [0.29, 0.717) is 0 Å². The zero-order chi connectivity index (χ0) is 17.5. The van der Waals surface area contributed by atoms with Gasteiger partial charge in [0.25, 0.3) is 0 Å². The van der Waals surface area contributed by atoms with E-state index in [2.05, 4.69) is 14.6 Å². The number of rotatable bonds is 2. The first kappa shape index (κ1) is 14.6. The minimum absolute atomic E-state index is 0.721. The van der Waals surface area contributed by atoms with Gasteiger partial charge in [-0.3, -0.25) is 4.40 Å². The largest absolute Gasteiger partial charge is 0.399 e. The third kappa shape index (κ3) is 2.22. The van der Waals surface area contributed by atoms with Gasteiger partial charge in [0.1, 0.15) is 5.69 Å². The van der Waals surface area contributed by atoms with Crippen LogP contribution in [-0.2, 0) is 0 Å². The second kappa shape index (κ2) is 5.67. The van der Waals surface area contributed by atoms with Crippen LogP contribution in [0.15, 0.2) is 78.9 Å². The van der Waals surface area contributed by atoms with E-state index in [1.54, 1.807) is 0 Å². The minimum atomic E-state index is 0.721. The first-order valence-corrected chi connectivity index (χ1v) is 8.36. The maximum atomic E-state index is 5.83. The molecular weight excluding hydrogens is 322 g/mol. The molecule has 2 heterocycles. The number of anilines is 1. The van der Waals surface area contributed by atoms with Crippen molar-refractivity contribution in [1.82, 2.24) is 19.6 Å². The lowest BCUT2D eigenvalue weighted by atomic mass is 10.1. The Morgan fingerprint density at radius 1 is 0.692 bits per heavy atom. The van der Waals surface area contributed by atoms with Crippen LogP contribution in [0.25, 0.3) is 39.3 Å². The Bertz CT molecular complexity index is 1220. The first-order valence-electron chi connectivity index (χ1n) is 8.36. The molecule has 0 amide bonds. The van der Waals surface area contributed by atoms with Gasteiger partial charge in [0.2, 0.25) is 0 Å². The normalized spacial score (nSPS) is 11.2. The fourth-order valence-corrected chi connectivity index (χ4v) is 3.19. The fraction of sp³-hybridized carbons (Fsp3) is 0. The van der Waals surface area contributed by atoms with Gasteiger partial charge in [0.05, 0.1) is 11.0 Å². The Morgan fingerprint density at radius 2 is 1.42 bits per heavy atom. The van der Waals surface area contributed by atoms with Crippen molar-refractivity contribution in [2.24, 2.45) is 0 Å². The first-order chi connectivity index (χ1) is 12.8. The molecule has 0 spiro atoms. The van der Waals surface area contributed by atoms with Crippen molar-refractivity contribution in [3.8, 4) is 22.6 Å². The molecule has 124 valence electrons. The van der Waals surface area contributed by atoms with Crippen molar-refractivity contribution in [2.75, 3.05) is 5.73 Å². The van der Waals surface area contributed by atoms with Crippen molar-refractivity contribution < 1.29 is 0 Å². The molecule has 0 radical (unpaired) electrons. The SMILES string of the molecule is Nc1ccc(-c2nnc3c(-c4ccccc4)nc4ccccc4n23)cc1. The number of para-hydroxylation sites is 2. The molecular formula is C21H15N5. The molecule has 3 aromatic carbocycles. The average Bonchev–Trinajstić information content (AvgIpc) is 3.14. The molecule has 0 aliphatic heterocycles. The summed E-state index contributed by atoms with van der Waals surface area (Å²) in [5.41, 5.74) is 12.0. The molecule has 0 bridgehead atoms. The highest BCUT2D eigenvalue weighted by molar-refractivity contribution is 5.87. The molecule has 0 fully saturated rings. The number of hydrogen-bond donors (Lipinski definition) is 1. The van der Waals surface area contributed by atoms with Crippen LogP contribution in [0, 0.1) is 0 Å². The molecule has 0 aliphatic rings. The topological polar surface area (TPSA) is 69.1 Å². The molecule has 2 N–H and O–H groups in total. The highest BCUT2D eigenvalue weighted by Gasteiger charge is 2.17. The van der Waals surface area contributed by atoms with Gasteiger partial charge in [-0.25, -0.2) is 4.98 Å². The smallest absolute Gasteiger partial charge is 0.188 e. The van der Waals surface area contributed by atoms with E-state index in [4.69, 9.17) is 10.7 Å². The lowest BCUT2D eigenvalue weighted by Gasteiger charge is -2.09. The zero-order valence-corrected chi connectivity index (χ0v) is 13.9. The molecule has 0 saturated carbocycles. The van der Waals surface area contributed by atoms with Crippen LogP contribution in [0.5, 0.6) is 0 Å². The molecule has 5 aromatic rings. The number of nitrogens with zero attached hydrogens (tertiary/aromatic N) is 4. The molecule has 26 heavy (non-hydrogen) atoms. The van der Waals surface area contributed by atoms with Gasteiger partial charge in [-0.2, -0.15) is 0 Å². The number of nitrogen functional groups attached to an aromatic ring is 1. The predicted molar refractivity (Wildman–Crippen MR) is 104 cm³/mol.